The highest BCUT2D eigenvalue weighted by molar-refractivity contribution is 6.36. The summed E-state index contributed by atoms with van der Waals surface area (Å²) in [5, 5.41) is 7.97. The van der Waals surface area contributed by atoms with Gasteiger partial charge in [-0.1, -0.05) is 40.9 Å². The maximum absolute atomic E-state index is 12.3. The van der Waals surface area contributed by atoms with Gasteiger partial charge in [-0.15, -0.1) is 0 Å². The second-order valence-corrected chi connectivity index (χ2v) is 6.80. The number of alkyl halides is 2. The molecular formula is C18H12Cl3F2N3O2. The molecule has 0 bridgehead atoms. The van der Waals surface area contributed by atoms with E-state index in [4.69, 9.17) is 34.8 Å². The van der Waals surface area contributed by atoms with Gasteiger partial charge in [-0.05, 0) is 36.4 Å². The third-order valence-electron chi connectivity index (χ3n) is 3.67. The van der Waals surface area contributed by atoms with E-state index in [0.717, 1.165) is 0 Å². The zero-order valence-corrected chi connectivity index (χ0v) is 16.3. The van der Waals surface area contributed by atoms with Gasteiger partial charge in [0.1, 0.15) is 10.8 Å². The summed E-state index contributed by atoms with van der Waals surface area (Å²) in [5.74, 6) is -0.417. The summed E-state index contributed by atoms with van der Waals surface area (Å²) in [6.07, 6.45) is 1.52. The van der Waals surface area contributed by atoms with Crippen LogP contribution in [0.2, 0.25) is 15.1 Å². The van der Waals surface area contributed by atoms with Crippen molar-refractivity contribution < 1.29 is 18.3 Å². The maximum Gasteiger partial charge on any atom is 0.387 e. The lowest BCUT2D eigenvalue weighted by molar-refractivity contribution is -0.0498. The number of nitrogens with zero attached hydrogens (tertiary/aromatic N) is 2. The van der Waals surface area contributed by atoms with Gasteiger partial charge in [-0.3, -0.25) is 9.48 Å². The van der Waals surface area contributed by atoms with Crippen molar-refractivity contribution >= 4 is 46.5 Å². The van der Waals surface area contributed by atoms with Crippen LogP contribution < -0.4 is 10.1 Å². The zero-order valence-electron chi connectivity index (χ0n) is 14.0. The number of nitrogens with one attached hydrogen (secondary N) is 1. The van der Waals surface area contributed by atoms with E-state index in [-0.39, 0.29) is 28.7 Å². The fourth-order valence-corrected chi connectivity index (χ4v) is 3.09. The van der Waals surface area contributed by atoms with Gasteiger partial charge in [0, 0.05) is 27.4 Å². The molecule has 0 fully saturated rings. The molecule has 0 aliphatic rings. The summed E-state index contributed by atoms with van der Waals surface area (Å²) in [4.78, 5) is 12.3. The van der Waals surface area contributed by atoms with Gasteiger partial charge in [-0.25, -0.2) is 0 Å². The summed E-state index contributed by atoms with van der Waals surface area (Å²) in [7, 11) is 0. The van der Waals surface area contributed by atoms with Crippen LogP contribution in [0.4, 0.5) is 14.6 Å². The first-order valence-corrected chi connectivity index (χ1v) is 8.99. The minimum absolute atomic E-state index is 0.0505. The summed E-state index contributed by atoms with van der Waals surface area (Å²) < 4.78 is 30.1. The standard InChI is InChI=1S/C18H12Cl3F2N3O2/c19-13-2-1-3-14(20)12(13)8-26-9-15(21)16(25-26)24-17(27)10-4-6-11(7-5-10)28-18(22)23/h1-7,9,18H,8H2,(H,24,25,27). The van der Waals surface area contributed by atoms with Crippen LogP contribution in [0.1, 0.15) is 15.9 Å². The highest BCUT2D eigenvalue weighted by Gasteiger charge is 2.15. The number of carbonyl (C=O) groups excluding carboxylic acids is 1. The molecule has 1 aromatic heterocycles. The van der Waals surface area contributed by atoms with E-state index >= 15 is 0 Å². The Morgan fingerprint density at radius 3 is 2.32 bits per heavy atom. The van der Waals surface area contributed by atoms with Crippen LogP contribution in [0.15, 0.2) is 48.7 Å². The van der Waals surface area contributed by atoms with E-state index in [1.54, 1.807) is 18.2 Å². The van der Waals surface area contributed by atoms with Crippen molar-refractivity contribution in [3.63, 3.8) is 0 Å². The third kappa shape index (κ3) is 4.92. The van der Waals surface area contributed by atoms with Gasteiger partial charge >= 0.3 is 6.61 Å². The Bertz CT molecular complexity index is 974. The van der Waals surface area contributed by atoms with E-state index < -0.39 is 12.5 Å². The summed E-state index contributed by atoms with van der Waals surface area (Å²) in [6.45, 7) is -2.68. The van der Waals surface area contributed by atoms with E-state index in [1.807, 2.05) is 0 Å². The number of hydrogen-bond acceptors (Lipinski definition) is 3. The number of ether oxygens (including phenoxy) is 1. The van der Waals surface area contributed by atoms with Crippen LogP contribution in [0, 0.1) is 0 Å². The van der Waals surface area contributed by atoms with Gasteiger partial charge in [0.2, 0.25) is 0 Å². The minimum atomic E-state index is -2.94. The molecule has 1 heterocycles. The van der Waals surface area contributed by atoms with Crippen molar-refractivity contribution in [3.8, 4) is 5.75 Å². The molecule has 2 aromatic carbocycles. The highest BCUT2D eigenvalue weighted by atomic mass is 35.5. The number of carbonyl (C=O) groups is 1. The smallest absolute Gasteiger partial charge is 0.387 e. The summed E-state index contributed by atoms with van der Waals surface area (Å²) in [5.41, 5.74) is 0.888. The van der Waals surface area contributed by atoms with Crippen molar-refractivity contribution in [3.05, 3.63) is 74.9 Å². The molecule has 3 aromatic rings. The molecular weight excluding hydrogens is 435 g/mol. The Labute approximate surface area is 173 Å². The van der Waals surface area contributed by atoms with E-state index in [2.05, 4.69) is 15.2 Å². The maximum atomic E-state index is 12.3. The van der Waals surface area contributed by atoms with Crippen molar-refractivity contribution in [2.45, 2.75) is 13.2 Å². The molecule has 5 nitrogen and oxygen atoms in total. The Kier molecular flexibility index (Phi) is 6.39. The Hall–Kier alpha value is -2.35. The molecule has 0 unspecified atom stereocenters. The predicted molar refractivity (Wildman–Crippen MR) is 104 cm³/mol. The fourth-order valence-electron chi connectivity index (χ4n) is 2.38. The first-order valence-electron chi connectivity index (χ1n) is 7.85. The Morgan fingerprint density at radius 1 is 1.07 bits per heavy atom. The zero-order chi connectivity index (χ0) is 20.3. The van der Waals surface area contributed by atoms with Gasteiger partial charge < -0.3 is 10.1 Å². The number of hydrogen-bond donors (Lipinski definition) is 1. The van der Waals surface area contributed by atoms with Gasteiger partial charge in [0.05, 0.1) is 6.54 Å². The number of amides is 1. The van der Waals surface area contributed by atoms with Gasteiger partial charge in [-0.2, -0.15) is 13.9 Å². The molecule has 0 saturated carbocycles. The first kappa shape index (κ1) is 20.4. The number of aromatic nitrogens is 2. The molecule has 146 valence electrons. The van der Waals surface area contributed by atoms with E-state index in [0.29, 0.717) is 15.6 Å². The van der Waals surface area contributed by atoms with Gasteiger partial charge in [0.15, 0.2) is 5.82 Å². The summed E-state index contributed by atoms with van der Waals surface area (Å²) >= 11 is 18.4. The van der Waals surface area contributed by atoms with Crippen molar-refractivity contribution in [1.82, 2.24) is 9.78 Å². The second kappa shape index (κ2) is 8.77. The topological polar surface area (TPSA) is 56.2 Å². The summed E-state index contributed by atoms with van der Waals surface area (Å²) in [6, 6.07) is 10.4. The molecule has 0 atom stereocenters. The van der Waals surface area contributed by atoms with Crippen molar-refractivity contribution in [2.24, 2.45) is 0 Å². The second-order valence-electron chi connectivity index (χ2n) is 5.58. The van der Waals surface area contributed by atoms with Crippen molar-refractivity contribution in [1.29, 1.82) is 0 Å². The molecule has 0 aliphatic heterocycles. The highest BCUT2D eigenvalue weighted by Crippen LogP contribution is 2.27. The number of rotatable bonds is 6. The number of benzene rings is 2. The molecule has 0 spiro atoms. The molecule has 0 radical (unpaired) electrons. The first-order chi connectivity index (χ1) is 13.3. The monoisotopic (exact) mass is 445 g/mol. The average molecular weight is 447 g/mol. The van der Waals surface area contributed by atoms with Crippen molar-refractivity contribution in [2.75, 3.05) is 5.32 Å². The molecule has 1 amide bonds. The number of anilines is 1. The minimum Gasteiger partial charge on any atom is -0.435 e. The van der Waals surface area contributed by atoms with Crippen LogP contribution in [0.5, 0.6) is 5.75 Å². The molecule has 10 heteroatoms. The van der Waals surface area contributed by atoms with Crippen LogP contribution in [0.3, 0.4) is 0 Å². The quantitative estimate of drug-likeness (QED) is 0.525. The van der Waals surface area contributed by atoms with E-state index in [1.165, 1.54) is 35.1 Å². The lowest BCUT2D eigenvalue weighted by Gasteiger charge is -2.07. The lowest BCUT2D eigenvalue weighted by Crippen LogP contribution is -2.13. The number of halogens is 5. The molecule has 0 saturated heterocycles. The lowest BCUT2D eigenvalue weighted by atomic mass is 10.2. The van der Waals surface area contributed by atoms with Crippen LogP contribution in [-0.4, -0.2) is 22.3 Å². The normalized spacial score (nSPS) is 10.9. The Morgan fingerprint density at radius 2 is 1.71 bits per heavy atom. The molecule has 28 heavy (non-hydrogen) atoms. The van der Waals surface area contributed by atoms with Gasteiger partial charge in [0.25, 0.3) is 5.91 Å². The fraction of sp³-hybridized carbons (Fsp3) is 0.111. The largest absolute Gasteiger partial charge is 0.435 e. The van der Waals surface area contributed by atoms with Crippen LogP contribution in [0.25, 0.3) is 0 Å². The third-order valence-corrected chi connectivity index (χ3v) is 4.66. The average Bonchev–Trinajstić information content (AvgIpc) is 2.97. The van der Waals surface area contributed by atoms with Crippen LogP contribution >= 0.6 is 34.8 Å². The Balaban J connectivity index is 1.72. The van der Waals surface area contributed by atoms with Crippen LogP contribution in [-0.2, 0) is 6.54 Å². The predicted octanol–water partition coefficient (Wildman–Crippen LogP) is 5.75. The SMILES string of the molecule is O=C(Nc1nn(Cc2c(Cl)cccc2Cl)cc1Cl)c1ccc(OC(F)F)cc1. The molecule has 1 N–H and O–H groups in total. The molecule has 0 aliphatic carbocycles. The van der Waals surface area contributed by atoms with E-state index in [9.17, 15) is 13.6 Å². The molecule has 3 rings (SSSR count).